The number of amides is 1. The molecule has 0 atom stereocenters. The number of carbonyl (C=O) groups excluding carboxylic acids is 1. The maximum atomic E-state index is 11.8. The standard InChI is InChI=1S/C15H13BrClNOS/c16-12-2-1-3-14(8-12)18-15(19)10-20-9-11-4-6-13(17)7-5-11/h1-8H,9-10H2,(H,18,19). The first kappa shape index (κ1) is 15.4. The molecule has 0 heterocycles. The molecular weight excluding hydrogens is 358 g/mol. The molecule has 1 N–H and O–H groups in total. The summed E-state index contributed by atoms with van der Waals surface area (Å²) in [6.45, 7) is 0. The van der Waals surface area contributed by atoms with Crippen molar-refractivity contribution in [3.8, 4) is 0 Å². The van der Waals surface area contributed by atoms with Gasteiger partial charge in [0.2, 0.25) is 5.91 Å². The quantitative estimate of drug-likeness (QED) is 0.804. The topological polar surface area (TPSA) is 29.1 Å². The zero-order valence-electron chi connectivity index (χ0n) is 10.6. The van der Waals surface area contributed by atoms with E-state index >= 15 is 0 Å². The van der Waals surface area contributed by atoms with Crippen molar-refractivity contribution in [3.05, 3.63) is 63.6 Å². The molecule has 0 radical (unpaired) electrons. The summed E-state index contributed by atoms with van der Waals surface area (Å²) in [6.07, 6.45) is 0. The fourth-order valence-corrected chi connectivity index (χ4v) is 2.92. The van der Waals surface area contributed by atoms with E-state index in [0.717, 1.165) is 26.5 Å². The largest absolute Gasteiger partial charge is 0.325 e. The van der Waals surface area contributed by atoms with Gasteiger partial charge in [0.15, 0.2) is 0 Å². The minimum Gasteiger partial charge on any atom is -0.325 e. The van der Waals surface area contributed by atoms with Crippen LogP contribution in [-0.4, -0.2) is 11.7 Å². The Labute approximate surface area is 136 Å². The SMILES string of the molecule is O=C(CSCc1ccc(Cl)cc1)Nc1cccc(Br)c1. The van der Waals surface area contributed by atoms with Crippen LogP contribution in [0.1, 0.15) is 5.56 Å². The monoisotopic (exact) mass is 369 g/mol. The number of hydrogen-bond donors (Lipinski definition) is 1. The summed E-state index contributed by atoms with van der Waals surface area (Å²) < 4.78 is 0.948. The Bertz CT molecular complexity index is 589. The van der Waals surface area contributed by atoms with Gasteiger partial charge in [-0.2, -0.15) is 0 Å². The summed E-state index contributed by atoms with van der Waals surface area (Å²) in [6, 6.07) is 15.2. The first-order chi connectivity index (χ1) is 9.63. The predicted octanol–water partition coefficient (Wildman–Crippen LogP) is 4.97. The van der Waals surface area contributed by atoms with Crippen LogP contribution in [0.15, 0.2) is 53.0 Å². The summed E-state index contributed by atoms with van der Waals surface area (Å²) in [7, 11) is 0. The van der Waals surface area contributed by atoms with Crippen molar-refractivity contribution >= 4 is 50.9 Å². The number of halogens is 2. The third-order valence-corrected chi connectivity index (χ3v) is 4.27. The van der Waals surface area contributed by atoms with Crippen LogP contribution in [0.5, 0.6) is 0 Å². The molecule has 2 aromatic rings. The van der Waals surface area contributed by atoms with Gasteiger partial charge in [-0.05, 0) is 35.9 Å². The molecule has 0 fully saturated rings. The molecular formula is C15H13BrClNOS. The second-order valence-electron chi connectivity index (χ2n) is 4.18. The lowest BCUT2D eigenvalue weighted by atomic mass is 10.2. The Morgan fingerprint density at radius 3 is 2.65 bits per heavy atom. The molecule has 0 aromatic heterocycles. The molecule has 2 rings (SSSR count). The normalized spacial score (nSPS) is 10.3. The molecule has 0 aliphatic heterocycles. The van der Waals surface area contributed by atoms with Gasteiger partial charge in [0.05, 0.1) is 5.75 Å². The predicted molar refractivity (Wildman–Crippen MR) is 90.4 cm³/mol. The molecule has 0 bridgehead atoms. The molecule has 0 saturated carbocycles. The van der Waals surface area contributed by atoms with E-state index in [1.54, 1.807) is 11.8 Å². The third kappa shape index (κ3) is 5.19. The van der Waals surface area contributed by atoms with Crippen molar-refractivity contribution < 1.29 is 4.79 Å². The molecule has 20 heavy (non-hydrogen) atoms. The van der Waals surface area contributed by atoms with Crippen molar-refractivity contribution in [2.45, 2.75) is 5.75 Å². The van der Waals surface area contributed by atoms with Crippen LogP contribution in [0.4, 0.5) is 5.69 Å². The maximum Gasteiger partial charge on any atom is 0.234 e. The van der Waals surface area contributed by atoms with Crippen LogP contribution in [0, 0.1) is 0 Å². The molecule has 0 aliphatic rings. The highest BCUT2D eigenvalue weighted by Gasteiger charge is 2.03. The van der Waals surface area contributed by atoms with Gasteiger partial charge in [-0.1, -0.05) is 45.7 Å². The van der Waals surface area contributed by atoms with Crippen LogP contribution in [-0.2, 0) is 10.5 Å². The Morgan fingerprint density at radius 2 is 1.95 bits per heavy atom. The second kappa shape index (κ2) is 7.72. The lowest BCUT2D eigenvalue weighted by Gasteiger charge is -2.05. The van der Waals surface area contributed by atoms with Gasteiger partial charge in [-0.15, -0.1) is 11.8 Å². The average Bonchev–Trinajstić information content (AvgIpc) is 2.41. The van der Waals surface area contributed by atoms with E-state index in [0.29, 0.717) is 5.75 Å². The molecule has 5 heteroatoms. The Morgan fingerprint density at radius 1 is 1.20 bits per heavy atom. The van der Waals surface area contributed by atoms with E-state index in [-0.39, 0.29) is 5.91 Å². The van der Waals surface area contributed by atoms with E-state index < -0.39 is 0 Å². The number of carbonyl (C=O) groups is 1. The summed E-state index contributed by atoms with van der Waals surface area (Å²) in [5, 5.41) is 3.60. The first-order valence-corrected chi connectivity index (χ1v) is 8.33. The minimum absolute atomic E-state index is 0.00191. The number of anilines is 1. The molecule has 0 unspecified atom stereocenters. The van der Waals surface area contributed by atoms with Crippen LogP contribution in [0.2, 0.25) is 5.02 Å². The first-order valence-electron chi connectivity index (χ1n) is 6.01. The number of rotatable bonds is 5. The van der Waals surface area contributed by atoms with Crippen LogP contribution in [0.25, 0.3) is 0 Å². The van der Waals surface area contributed by atoms with E-state index in [1.165, 1.54) is 0 Å². The molecule has 0 saturated heterocycles. The number of benzene rings is 2. The van der Waals surface area contributed by atoms with Crippen molar-refractivity contribution in [3.63, 3.8) is 0 Å². The Balaban J connectivity index is 1.76. The van der Waals surface area contributed by atoms with Gasteiger partial charge in [0.25, 0.3) is 0 Å². The molecule has 0 spiro atoms. The van der Waals surface area contributed by atoms with Gasteiger partial charge < -0.3 is 5.32 Å². The lowest BCUT2D eigenvalue weighted by molar-refractivity contribution is -0.113. The summed E-state index contributed by atoms with van der Waals surface area (Å²) in [4.78, 5) is 11.8. The highest BCUT2D eigenvalue weighted by atomic mass is 79.9. The third-order valence-electron chi connectivity index (χ3n) is 2.52. The van der Waals surface area contributed by atoms with Gasteiger partial charge in [0, 0.05) is 20.9 Å². The molecule has 1 amide bonds. The van der Waals surface area contributed by atoms with Gasteiger partial charge in [-0.3, -0.25) is 4.79 Å². The van der Waals surface area contributed by atoms with Crippen molar-refractivity contribution in [1.29, 1.82) is 0 Å². The van der Waals surface area contributed by atoms with Crippen LogP contribution >= 0.6 is 39.3 Å². The zero-order chi connectivity index (χ0) is 14.4. The second-order valence-corrected chi connectivity index (χ2v) is 6.52. The summed E-state index contributed by atoms with van der Waals surface area (Å²) in [5.74, 6) is 1.22. The lowest BCUT2D eigenvalue weighted by Crippen LogP contribution is -2.14. The highest BCUT2D eigenvalue weighted by molar-refractivity contribution is 9.10. The fourth-order valence-electron chi connectivity index (χ4n) is 1.61. The average molecular weight is 371 g/mol. The van der Waals surface area contributed by atoms with Crippen LogP contribution < -0.4 is 5.32 Å². The van der Waals surface area contributed by atoms with Crippen molar-refractivity contribution in [2.24, 2.45) is 0 Å². The maximum absolute atomic E-state index is 11.8. The molecule has 0 aliphatic carbocycles. The van der Waals surface area contributed by atoms with Gasteiger partial charge in [-0.25, -0.2) is 0 Å². The van der Waals surface area contributed by atoms with Crippen molar-refractivity contribution in [1.82, 2.24) is 0 Å². The number of thioether (sulfide) groups is 1. The smallest absolute Gasteiger partial charge is 0.234 e. The minimum atomic E-state index is 0.00191. The van der Waals surface area contributed by atoms with Gasteiger partial charge in [0.1, 0.15) is 0 Å². The molecule has 104 valence electrons. The van der Waals surface area contributed by atoms with E-state index in [4.69, 9.17) is 11.6 Å². The molecule has 2 aromatic carbocycles. The Kier molecular flexibility index (Phi) is 5.95. The molecule has 2 nitrogen and oxygen atoms in total. The van der Waals surface area contributed by atoms with E-state index in [1.807, 2.05) is 48.5 Å². The number of nitrogens with one attached hydrogen (secondary N) is 1. The highest BCUT2D eigenvalue weighted by Crippen LogP contribution is 2.18. The summed E-state index contributed by atoms with van der Waals surface area (Å²) in [5.41, 5.74) is 1.96. The van der Waals surface area contributed by atoms with Crippen molar-refractivity contribution in [2.75, 3.05) is 11.1 Å². The van der Waals surface area contributed by atoms with Gasteiger partial charge >= 0.3 is 0 Å². The zero-order valence-corrected chi connectivity index (χ0v) is 13.8. The van der Waals surface area contributed by atoms with Crippen LogP contribution in [0.3, 0.4) is 0 Å². The van der Waals surface area contributed by atoms with E-state index in [9.17, 15) is 4.79 Å². The Hall–Kier alpha value is -0.970. The number of hydrogen-bond acceptors (Lipinski definition) is 2. The summed E-state index contributed by atoms with van der Waals surface area (Å²) >= 11 is 10.8. The van der Waals surface area contributed by atoms with E-state index in [2.05, 4.69) is 21.2 Å². The fraction of sp³-hybridized carbons (Fsp3) is 0.133.